The fraction of sp³-hybridized carbons (Fsp3) is 0.233. The van der Waals surface area contributed by atoms with Gasteiger partial charge in [0.05, 0.1) is 23.4 Å². The third-order valence-corrected chi connectivity index (χ3v) is 6.80. The van der Waals surface area contributed by atoms with Gasteiger partial charge in [-0.25, -0.2) is 0 Å². The molecule has 3 atom stereocenters. The van der Waals surface area contributed by atoms with Gasteiger partial charge in [-0.1, -0.05) is 60.0 Å². The number of hydrogen-bond acceptors (Lipinski definition) is 4. The average Bonchev–Trinajstić information content (AvgIpc) is 3.38. The molecule has 0 saturated carbocycles. The highest BCUT2D eigenvalue weighted by atomic mass is 35.5. The van der Waals surface area contributed by atoms with Crippen LogP contribution >= 0.6 is 11.6 Å². The standard InChI is InChI=1S/C30H27ClN2O2/c1-3-16-35-30-26(31)17-20(18-28(30)34-4-2)19-32-22-14-12-21(13-15-22)29-25-10-7-9-23(25)24-8-5-6-11-27(24)33-29/h1,5-9,11-15,17-19,23,25,29,33H,4,10,16H2,2H3/t23-,25+,29-/m0/s1. The van der Waals surface area contributed by atoms with E-state index < -0.39 is 0 Å². The lowest BCUT2D eigenvalue weighted by Gasteiger charge is -2.37. The summed E-state index contributed by atoms with van der Waals surface area (Å²) in [6.07, 6.45) is 12.8. The fourth-order valence-corrected chi connectivity index (χ4v) is 5.24. The summed E-state index contributed by atoms with van der Waals surface area (Å²) < 4.78 is 11.3. The monoisotopic (exact) mass is 482 g/mol. The molecule has 5 rings (SSSR count). The highest BCUT2D eigenvalue weighted by Gasteiger charge is 2.37. The molecule has 0 spiro atoms. The minimum absolute atomic E-state index is 0.124. The summed E-state index contributed by atoms with van der Waals surface area (Å²) in [4.78, 5) is 4.65. The van der Waals surface area contributed by atoms with E-state index in [-0.39, 0.29) is 12.6 Å². The Labute approximate surface area is 211 Å². The molecular formula is C30H27ClN2O2. The van der Waals surface area contributed by atoms with Crippen molar-refractivity contribution >= 4 is 29.2 Å². The number of fused-ring (bicyclic) bond motifs is 3. The number of terminal acetylenes is 1. The summed E-state index contributed by atoms with van der Waals surface area (Å²) in [6, 6.07) is 21.0. The Hall–Kier alpha value is -3.68. The van der Waals surface area contributed by atoms with Crippen molar-refractivity contribution < 1.29 is 9.47 Å². The molecular weight excluding hydrogens is 456 g/mol. The van der Waals surface area contributed by atoms with Gasteiger partial charge in [0.2, 0.25) is 0 Å². The Balaban J connectivity index is 1.35. The summed E-state index contributed by atoms with van der Waals surface area (Å²) in [5.41, 5.74) is 5.58. The van der Waals surface area contributed by atoms with Crippen LogP contribution < -0.4 is 14.8 Å². The summed E-state index contributed by atoms with van der Waals surface area (Å²) in [6.45, 7) is 2.52. The Morgan fingerprint density at radius 2 is 1.97 bits per heavy atom. The Kier molecular flexibility index (Phi) is 6.79. The summed E-state index contributed by atoms with van der Waals surface area (Å²) >= 11 is 6.43. The Morgan fingerprint density at radius 1 is 1.14 bits per heavy atom. The predicted octanol–water partition coefficient (Wildman–Crippen LogP) is 7.33. The number of ether oxygens (including phenoxy) is 2. The first-order valence-electron chi connectivity index (χ1n) is 11.9. The van der Waals surface area contributed by atoms with Crippen LogP contribution in [0.4, 0.5) is 11.4 Å². The average molecular weight is 483 g/mol. The third kappa shape index (κ3) is 4.78. The van der Waals surface area contributed by atoms with Crippen LogP contribution in [-0.2, 0) is 0 Å². The van der Waals surface area contributed by atoms with E-state index in [1.165, 1.54) is 16.8 Å². The van der Waals surface area contributed by atoms with Gasteiger partial charge >= 0.3 is 0 Å². The SMILES string of the molecule is C#CCOc1c(Cl)cc(C=Nc2ccc([C@@H]3Nc4ccccc4[C@@H]4C=CC[C@H]43)cc2)cc1OCC. The maximum absolute atomic E-state index is 6.43. The normalized spacial score (nSPS) is 20.1. The summed E-state index contributed by atoms with van der Waals surface area (Å²) in [7, 11) is 0. The molecule has 176 valence electrons. The number of para-hydroxylation sites is 1. The van der Waals surface area contributed by atoms with Crippen molar-refractivity contribution in [3.05, 3.63) is 94.5 Å². The lowest BCUT2D eigenvalue weighted by molar-refractivity contribution is 0.299. The number of allylic oxidation sites excluding steroid dienone is 2. The van der Waals surface area contributed by atoms with Crippen LogP contribution in [0.1, 0.15) is 42.0 Å². The van der Waals surface area contributed by atoms with Gasteiger partial charge in [0.25, 0.3) is 0 Å². The number of halogens is 1. The van der Waals surface area contributed by atoms with E-state index in [4.69, 9.17) is 27.5 Å². The van der Waals surface area contributed by atoms with E-state index in [0.717, 1.165) is 17.7 Å². The number of rotatable bonds is 7. The molecule has 0 aromatic heterocycles. The van der Waals surface area contributed by atoms with Crippen molar-refractivity contribution in [1.29, 1.82) is 0 Å². The minimum atomic E-state index is 0.124. The van der Waals surface area contributed by atoms with E-state index in [2.05, 4.69) is 76.9 Å². The van der Waals surface area contributed by atoms with Gasteiger partial charge in [0, 0.05) is 17.8 Å². The van der Waals surface area contributed by atoms with Gasteiger partial charge in [-0.15, -0.1) is 6.42 Å². The number of hydrogen-bond donors (Lipinski definition) is 1. The van der Waals surface area contributed by atoms with Gasteiger partial charge in [0.1, 0.15) is 6.61 Å². The van der Waals surface area contributed by atoms with E-state index in [1.54, 1.807) is 12.3 Å². The van der Waals surface area contributed by atoms with Gasteiger partial charge in [-0.05, 0) is 66.3 Å². The topological polar surface area (TPSA) is 42.8 Å². The molecule has 0 fully saturated rings. The number of benzene rings is 3. The molecule has 1 heterocycles. The largest absolute Gasteiger partial charge is 0.490 e. The number of aliphatic imine (C=N–C) groups is 1. The maximum Gasteiger partial charge on any atom is 0.181 e. The second-order valence-electron chi connectivity index (χ2n) is 8.67. The Morgan fingerprint density at radius 3 is 2.77 bits per heavy atom. The summed E-state index contributed by atoms with van der Waals surface area (Å²) in [5, 5.41) is 4.21. The first kappa shape index (κ1) is 23.1. The van der Waals surface area contributed by atoms with Crippen LogP contribution in [-0.4, -0.2) is 19.4 Å². The van der Waals surface area contributed by atoms with Crippen LogP contribution in [0, 0.1) is 18.3 Å². The molecule has 0 radical (unpaired) electrons. The van der Waals surface area contributed by atoms with Crippen LogP contribution in [0.15, 0.2) is 77.8 Å². The molecule has 3 aromatic rings. The molecule has 0 saturated heterocycles. The molecule has 35 heavy (non-hydrogen) atoms. The minimum Gasteiger partial charge on any atom is -0.490 e. The molecule has 2 aliphatic rings. The zero-order valence-corrected chi connectivity index (χ0v) is 20.3. The second-order valence-corrected chi connectivity index (χ2v) is 9.08. The zero-order chi connectivity index (χ0) is 24.2. The van der Waals surface area contributed by atoms with Crippen LogP contribution in [0.2, 0.25) is 5.02 Å². The van der Waals surface area contributed by atoms with Gasteiger partial charge < -0.3 is 14.8 Å². The van der Waals surface area contributed by atoms with E-state index in [1.807, 2.05) is 13.0 Å². The molecule has 4 nitrogen and oxygen atoms in total. The number of nitrogens with zero attached hydrogens (tertiary/aromatic N) is 1. The van der Waals surface area contributed by atoms with E-state index in [0.29, 0.717) is 35.0 Å². The zero-order valence-electron chi connectivity index (χ0n) is 19.6. The molecule has 5 heteroatoms. The van der Waals surface area contributed by atoms with Crippen molar-refractivity contribution in [2.24, 2.45) is 10.9 Å². The van der Waals surface area contributed by atoms with Crippen LogP contribution in [0.3, 0.4) is 0 Å². The first-order valence-corrected chi connectivity index (χ1v) is 12.2. The fourth-order valence-electron chi connectivity index (χ4n) is 4.97. The van der Waals surface area contributed by atoms with Crippen molar-refractivity contribution in [3.63, 3.8) is 0 Å². The van der Waals surface area contributed by atoms with E-state index in [9.17, 15) is 0 Å². The quantitative estimate of drug-likeness (QED) is 0.218. The molecule has 0 bridgehead atoms. The van der Waals surface area contributed by atoms with Gasteiger partial charge in [0.15, 0.2) is 11.5 Å². The maximum atomic E-state index is 6.43. The van der Waals surface area contributed by atoms with Crippen LogP contribution in [0.5, 0.6) is 11.5 Å². The second kappa shape index (κ2) is 10.3. The van der Waals surface area contributed by atoms with E-state index >= 15 is 0 Å². The number of anilines is 1. The third-order valence-electron chi connectivity index (χ3n) is 6.52. The van der Waals surface area contributed by atoms with Crippen molar-refractivity contribution in [1.82, 2.24) is 0 Å². The lowest BCUT2D eigenvalue weighted by Crippen LogP contribution is -2.28. The Bertz CT molecular complexity index is 1310. The predicted molar refractivity (Wildman–Crippen MR) is 143 cm³/mol. The smallest absolute Gasteiger partial charge is 0.181 e. The molecule has 3 aromatic carbocycles. The summed E-state index contributed by atoms with van der Waals surface area (Å²) in [5.74, 6) is 4.44. The first-order chi connectivity index (χ1) is 17.2. The highest BCUT2D eigenvalue weighted by Crippen LogP contribution is 2.49. The molecule has 1 aliphatic carbocycles. The van der Waals surface area contributed by atoms with Gasteiger partial charge in [-0.2, -0.15) is 0 Å². The molecule has 0 amide bonds. The van der Waals surface area contributed by atoms with Crippen molar-refractivity contribution in [2.75, 3.05) is 18.5 Å². The molecule has 1 N–H and O–H groups in total. The van der Waals surface area contributed by atoms with Gasteiger partial charge in [-0.3, -0.25) is 4.99 Å². The van der Waals surface area contributed by atoms with Crippen molar-refractivity contribution in [3.8, 4) is 23.8 Å². The molecule has 0 unspecified atom stereocenters. The lowest BCUT2D eigenvalue weighted by atomic mass is 9.77. The molecule has 1 aliphatic heterocycles. The highest BCUT2D eigenvalue weighted by molar-refractivity contribution is 6.32. The van der Waals surface area contributed by atoms with Crippen molar-refractivity contribution in [2.45, 2.75) is 25.3 Å². The van der Waals surface area contributed by atoms with Crippen LogP contribution in [0.25, 0.3) is 0 Å². The number of nitrogens with one attached hydrogen (secondary N) is 1.